The number of piperidine rings is 1. The second-order valence-electron chi connectivity index (χ2n) is 5.17. The predicted molar refractivity (Wildman–Crippen MR) is 77.9 cm³/mol. The van der Waals surface area contributed by atoms with Crippen molar-refractivity contribution in [3.8, 4) is 5.75 Å². The number of carbonyl (C=O) groups is 1. The summed E-state index contributed by atoms with van der Waals surface area (Å²) < 4.78 is 5.64. The number of benzene rings is 1. The summed E-state index contributed by atoms with van der Waals surface area (Å²) in [6, 6.07) is 7.04. The molecular weight excluding hydrogens is 278 g/mol. The van der Waals surface area contributed by atoms with E-state index in [0.29, 0.717) is 29.8 Å². The number of likely N-dealkylation sites (tertiary alicyclic amines) is 1. The summed E-state index contributed by atoms with van der Waals surface area (Å²) >= 11 is 5.89. The van der Waals surface area contributed by atoms with Gasteiger partial charge in [-0.05, 0) is 43.9 Å². The third-order valence-corrected chi connectivity index (χ3v) is 3.88. The van der Waals surface area contributed by atoms with Crippen LogP contribution in [-0.4, -0.2) is 41.7 Å². The number of hydrogen-bond donors (Lipinski definition) is 1. The van der Waals surface area contributed by atoms with Crippen molar-refractivity contribution in [2.24, 2.45) is 5.92 Å². The van der Waals surface area contributed by atoms with Gasteiger partial charge < -0.3 is 14.7 Å². The van der Waals surface area contributed by atoms with Gasteiger partial charge in [0.25, 0.3) is 5.91 Å². The lowest BCUT2D eigenvalue weighted by Crippen LogP contribution is -2.45. The fraction of sp³-hybridized carbons (Fsp3) is 0.533. The minimum atomic E-state index is -0.529. The molecule has 0 bridgehead atoms. The zero-order valence-electron chi connectivity index (χ0n) is 11.6. The van der Waals surface area contributed by atoms with Gasteiger partial charge in [0, 0.05) is 24.7 Å². The maximum atomic E-state index is 12.3. The van der Waals surface area contributed by atoms with Crippen molar-refractivity contribution in [3.63, 3.8) is 0 Å². The Hall–Kier alpha value is -1.26. The smallest absolute Gasteiger partial charge is 0.263 e. The summed E-state index contributed by atoms with van der Waals surface area (Å²) in [5, 5.41) is 9.69. The number of aliphatic hydroxyl groups excluding tert-OH is 1. The highest BCUT2D eigenvalue weighted by atomic mass is 35.5. The van der Waals surface area contributed by atoms with Crippen LogP contribution in [0, 0.1) is 5.92 Å². The minimum Gasteiger partial charge on any atom is -0.481 e. The van der Waals surface area contributed by atoms with E-state index in [9.17, 15) is 4.79 Å². The average molecular weight is 298 g/mol. The van der Waals surface area contributed by atoms with Crippen molar-refractivity contribution in [1.29, 1.82) is 0 Å². The molecule has 20 heavy (non-hydrogen) atoms. The van der Waals surface area contributed by atoms with Gasteiger partial charge in [0.05, 0.1) is 0 Å². The van der Waals surface area contributed by atoms with Gasteiger partial charge in [-0.3, -0.25) is 4.79 Å². The normalized spacial score (nSPS) is 17.9. The van der Waals surface area contributed by atoms with Crippen LogP contribution >= 0.6 is 11.6 Å². The molecule has 1 aliphatic heterocycles. The van der Waals surface area contributed by atoms with Crippen molar-refractivity contribution < 1.29 is 14.6 Å². The van der Waals surface area contributed by atoms with Gasteiger partial charge in [-0.15, -0.1) is 0 Å². The van der Waals surface area contributed by atoms with Crippen LogP contribution in [0.5, 0.6) is 5.75 Å². The first-order chi connectivity index (χ1) is 9.60. The van der Waals surface area contributed by atoms with Crippen molar-refractivity contribution in [2.45, 2.75) is 25.9 Å². The van der Waals surface area contributed by atoms with Crippen LogP contribution in [0.15, 0.2) is 24.3 Å². The highest BCUT2D eigenvalue weighted by Gasteiger charge is 2.26. The fourth-order valence-electron chi connectivity index (χ4n) is 2.39. The molecule has 0 saturated carbocycles. The lowest BCUT2D eigenvalue weighted by Gasteiger charge is -2.32. The first kappa shape index (κ1) is 15.1. The van der Waals surface area contributed by atoms with Gasteiger partial charge in [-0.1, -0.05) is 17.7 Å². The predicted octanol–water partition coefficient (Wildman–Crippen LogP) is 2.34. The maximum absolute atomic E-state index is 12.3. The van der Waals surface area contributed by atoms with E-state index in [-0.39, 0.29) is 12.5 Å². The molecule has 0 spiro atoms. The average Bonchev–Trinajstić information content (AvgIpc) is 2.46. The molecule has 1 heterocycles. The van der Waals surface area contributed by atoms with Crippen LogP contribution in [0.3, 0.4) is 0 Å². The van der Waals surface area contributed by atoms with E-state index in [4.69, 9.17) is 21.4 Å². The Kier molecular flexibility index (Phi) is 5.26. The molecule has 110 valence electrons. The van der Waals surface area contributed by atoms with Gasteiger partial charge in [0.2, 0.25) is 0 Å². The second kappa shape index (κ2) is 6.95. The third-order valence-electron chi connectivity index (χ3n) is 3.64. The van der Waals surface area contributed by atoms with Crippen molar-refractivity contribution in [3.05, 3.63) is 29.3 Å². The zero-order chi connectivity index (χ0) is 14.5. The SMILES string of the molecule is CC(Oc1cccc(Cl)c1)C(=O)N1CCC(CO)CC1. The number of rotatable bonds is 4. The van der Waals surface area contributed by atoms with E-state index in [1.807, 2.05) is 0 Å². The molecule has 1 amide bonds. The third kappa shape index (κ3) is 3.87. The van der Waals surface area contributed by atoms with Crippen molar-refractivity contribution in [2.75, 3.05) is 19.7 Å². The molecule has 1 saturated heterocycles. The molecular formula is C15H20ClNO3. The molecule has 1 aromatic carbocycles. The Bertz CT molecular complexity index is 458. The molecule has 1 N–H and O–H groups in total. The van der Waals surface area contributed by atoms with E-state index in [2.05, 4.69) is 0 Å². The quantitative estimate of drug-likeness (QED) is 0.928. The van der Waals surface area contributed by atoms with Crippen LogP contribution in [0.2, 0.25) is 5.02 Å². The molecule has 0 aromatic heterocycles. The Morgan fingerprint density at radius 3 is 2.80 bits per heavy atom. The first-order valence-electron chi connectivity index (χ1n) is 6.92. The van der Waals surface area contributed by atoms with E-state index in [0.717, 1.165) is 12.8 Å². The van der Waals surface area contributed by atoms with Crippen LogP contribution in [0.1, 0.15) is 19.8 Å². The van der Waals surface area contributed by atoms with Crippen molar-refractivity contribution >= 4 is 17.5 Å². The van der Waals surface area contributed by atoms with Gasteiger partial charge in [0.15, 0.2) is 6.10 Å². The van der Waals surface area contributed by atoms with E-state index >= 15 is 0 Å². The Morgan fingerprint density at radius 1 is 1.50 bits per heavy atom. The molecule has 1 aromatic rings. The number of amides is 1. The van der Waals surface area contributed by atoms with Crippen LogP contribution in [0.25, 0.3) is 0 Å². The topological polar surface area (TPSA) is 49.8 Å². The zero-order valence-corrected chi connectivity index (χ0v) is 12.3. The summed E-state index contributed by atoms with van der Waals surface area (Å²) in [5.74, 6) is 0.910. The molecule has 4 nitrogen and oxygen atoms in total. The molecule has 0 aliphatic carbocycles. The van der Waals surface area contributed by atoms with Gasteiger partial charge >= 0.3 is 0 Å². The minimum absolute atomic E-state index is 0.0126. The largest absolute Gasteiger partial charge is 0.481 e. The van der Waals surface area contributed by atoms with Gasteiger partial charge in [0.1, 0.15) is 5.75 Å². The van der Waals surface area contributed by atoms with Gasteiger partial charge in [-0.25, -0.2) is 0 Å². The number of hydrogen-bond acceptors (Lipinski definition) is 3. The monoisotopic (exact) mass is 297 g/mol. The van der Waals surface area contributed by atoms with Crippen LogP contribution < -0.4 is 4.74 Å². The van der Waals surface area contributed by atoms with E-state index < -0.39 is 6.10 Å². The van der Waals surface area contributed by atoms with Crippen molar-refractivity contribution in [1.82, 2.24) is 4.90 Å². The van der Waals surface area contributed by atoms with Gasteiger partial charge in [-0.2, -0.15) is 0 Å². The highest BCUT2D eigenvalue weighted by Crippen LogP contribution is 2.21. The Balaban J connectivity index is 1.89. The van der Waals surface area contributed by atoms with E-state index in [1.54, 1.807) is 36.1 Å². The van der Waals surface area contributed by atoms with Crippen LogP contribution in [0.4, 0.5) is 0 Å². The molecule has 1 aliphatic rings. The maximum Gasteiger partial charge on any atom is 0.263 e. The molecule has 5 heteroatoms. The standard InChI is InChI=1S/C15H20ClNO3/c1-11(20-14-4-2-3-13(16)9-14)15(19)17-7-5-12(10-18)6-8-17/h2-4,9,11-12,18H,5-8,10H2,1H3. The summed E-state index contributed by atoms with van der Waals surface area (Å²) in [4.78, 5) is 14.1. The lowest BCUT2D eigenvalue weighted by atomic mass is 9.97. The highest BCUT2D eigenvalue weighted by molar-refractivity contribution is 6.30. The summed E-state index contributed by atoms with van der Waals surface area (Å²) in [5.41, 5.74) is 0. The van der Waals surface area contributed by atoms with E-state index in [1.165, 1.54) is 0 Å². The number of nitrogens with zero attached hydrogens (tertiary/aromatic N) is 1. The lowest BCUT2D eigenvalue weighted by molar-refractivity contribution is -0.139. The Labute approximate surface area is 124 Å². The summed E-state index contributed by atoms with van der Waals surface area (Å²) in [7, 11) is 0. The number of halogens is 1. The number of carbonyl (C=O) groups excluding carboxylic acids is 1. The second-order valence-corrected chi connectivity index (χ2v) is 5.61. The number of aliphatic hydroxyl groups is 1. The first-order valence-corrected chi connectivity index (χ1v) is 7.30. The molecule has 1 fully saturated rings. The molecule has 0 radical (unpaired) electrons. The molecule has 1 unspecified atom stereocenters. The van der Waals surface area contributed by atoms with Crippen LogP contribution in [-0.2, 0) is 4.79 Å². The molecule has 2 rings (SSSR count). The number of ether oxygens (including phenoxy) is 1. The summed E-state index contributed by atoms with van der Waals surface area (Å²) in [6.45, 7) is 3.33. The molecule has 1 atom stereocenters. The summed E-state index contributed by atoms with van der Waals surface area (Å²) in [6.07, 6.45) is 1.18. The Morgan fingerprint density at radius 2 is 2.20 bits per heavy atom. The fourth-order valence-corrected chi connectivity index (χ4v) is 2.57.